The molecule has 3 aromatic rings. The molecular formula is C28H35N5O3. The van der Waals surface area contributed by atoms with Crippen molar-refractivity contribution in [1.29, 1.82) is 0 Å². The third kappa shape index (κ3) is 4.22. The summed E-state index contributed by atoms with van der Waals surface area (Å²) in [6.07, 6.45) is 1.91. The van der Waals surface area contributed by atoms with Gasteiger partial charge in [-0.15, -0.1) is 5.92 Å². The highest BCUT2D eigenvalue weighted by Crippen LogP contribution is 2.42. The van der Waals surface area contributed by atoms with E-state index in [4.69, 9.17) is 14.6 Å². The minimum Gasteiger partial charge on any atom is -0.449 e. The van der Waals surface area contributed by atoms with Gasteiger partial charge in [0.25, 0.3) is 5.56 Å². The first kappa shape index (κ1) is 24.3. The third-order valence-corrected chi connectivity index (χ3v) is 7.36. The van der Waals surface area contributed by atoms with E-state index in [1.54, 1.807) is 17.7 Å². The molecule has 0 radical (unpaired) electrons. The van der Waals surface area contributed by atoms with Crippen LogP contribution in [0.1, 0.15) is 53.1 Å². The van der Waals surface area contributed by atoms with Crippen molar-refractivity contribution < 1.29 is 9.47 Å². The summed E-state index contributed by atoms with van der Waals surface area (Å²) in [5.41, 5.74) is 3.74. The number of piperazine rings is 1. The molecule has 2 aliphatic rings. The minimum absolute atomic E-state index is 0.0300. The average Bonchev–Trinajstić information content (AvgIpc) is 3.39. The topological polar surface area (TPSA) is 64.8 Å². The number of pyridine rings is 1. The summed E-state index contributed by atoms with van der Waals surface area (Å²) in [5.74, 6) is 6.93. The van der Waals surface area contributed by atoms with Crippen LogP contribution in [0.15, 0.2) is 35.3 Å². The van der Waals surface area contributed by atoms with Gasteiger partial charge in [0.15, 0.2) is 11.5 Å². The lowest BCUT2D eigenvalue weighted by molar-refractivity contribution is -0.0431. The van der Waals surface area contributed by atoms with Gasteiger partial charge in [0.05, 0.1) is 17.4 Å². The van der Waals surface area contributed by atoms with E-state index in [-0.39, 0.29) is 23.7 Å². The standard InChI is InChI=1S/C28H35N5O3/c1-8-9-12-31-17-23-27(29-31)22(14-26(34)30(23)7)33-16-18(2)32(15-19(33)3)20(4)21-10-11-24-25(13-21)36-28(5,6)35-24/h10-11,13-14,17-20H,12,15-16H2,1-7H3/t18-,19+,20?/m1/s1. The molecule has 0 spiro atoms. The summed E-state index contributed by atoms with van der Waals surface area (Å²) in [6, 6.07) is 8.65. The summed E-state index contributed by atoms with van der Waals surface area (Å²) >= 11 is 0. The molecule has 2 aliphatic heterocycles. The molecule has 0 saturated carbocycles. The normalized spacial score (nSPS) is 21.9. The van der Waals surface area contributed by atoms with Crippen molar-refractivity contribution in [3.8, 4) is 23.3 Å². The van der Waals surface area contributed by atoms with Gasteiger partial charge < -0.3 is 18.9 Å². The maximum Gasteiger partial charge on any atom is 0.252 e. The molecule has 190 valence electrons. The Bertz CT molecular complexity index is 1430. The van der Waals surface area contributed by atoms with Gasteiger partial charge in [0.1, 0.15) is 12.1 Å². The van der Waals surface area contributed by atoms with Gasteiger partial charge in [-0.2, -0.15) is 5.10 Å². The van der Waals surface area contributed by atoms with Gasteiger partial charge in [0.2, 0.25) is 5.79 Å². The number of rotatable bonds is 4. The lowest BCUT2D eigenvalue weighted by atomic mass is 10.00. The van der Waals surface area contributed by atoms with Gasteiger partial charge in [-0.3, -0.25) is 14.4 Å². The number of hydrogen-bond acceptors (Lipinski definition) is 6. The van der Waals surface area contributed by atoms with Crippen LogP contribution in [-0.2, 0) is 13.6 Å². The fourth-order valence-corrected chi connectivity index (χ4v) is 5.42. The van der Waals surface area contributed by atoms with Crippen LogP contribution < -0.4 is 19.9 Å². The second kappa shape index (κ2) is 8.90. The van der Waals surface area contributed by atoms with Crippen molar-refractivity contribution >= 4 is 16.7 Å². The van der Waals surface area contributed by atoms with E-state index < -0.39 is 5.79 Å². The number of benzene rings is 1. The molecule has 2 aromatic heterocycles. The fraction of sp³-hybridized carbons (Fsp3) is 0.500. The Hall–Kier alpha value is -3.44. The lowest BCUT2D eigenvalue weighted by Crippen LogP contribution is -2.57. The maximum atomic E-state index is 12.8. The lowest BCUT2D eigenvalue weighted by Gasteiger charge is -2.47. The first-order valence-electron chi connectivity index (χ1n) is 12.6. The highest BCUT2D eigenvalue weighted by atomic mass is 16.7. The van der Waals surface area contributed by atoms with Gasteiger partial charge in [0, 0.05) is 58.2 Å². The Balaban J connectivity index is 1.42. The summed E-state index contributed by atoms with van der Waals surface area (Å²) in [6.45, 7) is 14.5. The van der Waals surface area contributed by atoms with Crippen LogP contribution in [0.4, 0.5) is 5.69 Å². The van der Waals surface area contributed by atoms with Gasteiger partial charge in [-0.25, -0.2) is 0 Å². The molecule has 1 saturated heterocycles. The Kier molecular flexibility index (Phi) is 6.00. The monoisotopic (exact) mass is 489 g/mol. The highest BCUT2D eigenvalue weighted by molar-refractivity contribution is 5.88. The molecule has 0 amide bonds. The zero-order chi connectivity index (χ0) is 25.8. The maximum absolute atomic E-state index is 12.8. The van der Waals surface area contributed by atoms with Crippen LogP contribution >= 0.6 is 0 Å². The quantitative estimate of drug-likeness (QED) is 0.518. The summed E-state index contributed by atoms with van der Waals surface area (Å²) in [7, 11) is 1.80. The summed E-state index contributed by atoms with van der Waals surface area (Å²) in [4.78, 5) is 17.7. The van der Waals surface area contributed by atoms with Gasteiger partial charge >= 0.3 is 0 Å². The van der Waals surface area contributed by atoms with Crippen molar-refractivity contribution in [2.45, 2.75) is 72.0 Å². The van der Waals surface area contributed by atoms with Gasteiger partial charge in [-0.05, 0) is 45.4 Å². The van der Waals surface area contributed by atoms with Crippen molar-refractivity contribution in [2.24, 2.45) is 7.05 Å². The average molecular weight is 490 g/mol. The highest BCUT2D eigenvalue weighted by Gasteiger charge is 2.36. The SMILES string of the molecule is CC#CCn1cc2c(n1)c(N1C[C@@H](C)N(C(C)c3ccc4c(c3)OC(C)(C)O4)C[C@@H]1C)cc(=O)n2C. The summed E-state index contributed by atoms with van der Waals surface area (Å²) in [5, 5.41) is 4.81. The van der Waals surface area contributed by atoms with Crippen LogP contribution in [0.5, 0.6) is 11.5 Å². The molecule has 1 aromatic carbocycles. The molecule has 8 heteroatoms. The number of ether oxygens (including phenoxy) is 2. The summed E-state index contributed by atoms with van der Waals surface area (Å²) < 4.78 is 15.3. The number of fused-ring (bicyclic) bond motifs is 2. The second-order valence-electron chi connectivity index (χ2n) is 10.4. The van der Waals surface area contributed by atoms with Crippen LogP contribution in [0.25, 0.3) is 11.0 Å². The van der Waals surface area contributed by atoms with Crippen molar-refractivity contribution in [3.05, 3.63) is 46.4 Å². The van der Waals surface area contributed by atoms with E-state index in [2.05, 4.69) is 54.5 Å². The van der Waals surface area contributed by atoms with Crippen LogP contribution in [0, 0.1) is 11.8 Å². The molecule has 5 rings (SSSR count). The smallest absolute Gasteiger partial charge is 0.252 e. The Morgan fingerprint density at radius 1 is 1.14 bits per heavy atom. The number of nitrogens with zero attached hydrogens (tertiary/aromatic N) is 5. The molecule has 0 N–H and O–H groups in total. The Labute approximate surface area is 212 Å². The van der Waals surface area contributed by atoms with E-state index in [9.17, 15) is 4.79 Å². The fourth-order valence-electron chi connectivity index (χ4n) is 5.42. The zero-order valence-electron chi connectivity index (χ0n) is 22.2. The van der Waals surface area contributed by atoms with Crippen LogP contribution in [-0.4, -0.2) is 50.2 Å². The second-order valence-corrected chi connectivity index (χ2v) is 10.4. The predicted molar refractivity (Wildman–Crippen MR) is 142 cm³/mol. The molecule has 1 unspecified atom stereocenters. The predicted octanol–water partition coefficient (Wildman–Crippen LogP) is 3.93. The van der Waals surface area contributed by atoms with Crippen molar-refractivity contribution in [1.82, 2.24) is 19.2 Å². The van der Waals surface area contributed by atoms with E-state index in [1.807, 2.05) is 37.7 Å². The number of hydrogen-bond donors (Lipinski definition) is 0. The molecular weight excluding hydrogens is 454 g/mol. The number of anilines is 1. The van der Waals surface area contributed by atoms with E-state index >= 15 is 0 Å². The van der Waals surface area contributed by atoms with Gasteiger partial charge in [-0.1, -0.05) is 12.0 Å². The number of aromatic nitrogens is 3. The Morgan fingerprint density at radius 3 is 2.64 bits per heavy atom. The molecule has 0 aliphatic carbocycles. The van der Waals surface area contributed by atoms with E-state index in [0.717, 1.165) is 41.3 Å². The molecule has 1 fully saturated rings. The molecule has 8 nitrogen and oxygen atoms in total. The van der Waals surface area contributed by atoms with Crippen LogP contribution in [0.2, 0.25) is 0 Å². The molecule has 4 heterocycles. The molecule has 0 bridgehead atoms. The minimum atomic E-state index is -0.633. The van der Waals surface area contributed by atoms with Crippen LogP contribution in [0.3, 0.4) is 0 Å². The van der Waals surface area contributed by atoms with E-state index in [0.29, 0.717) is 6.54 Å². The zero-order valence-corrected chi connectivity index (χ0v) is 22.2. The number of aryl methyl sites for hydroxylation is 1. The first-order valence-corrected chi connectivity index (χ1v) is 12.6. The third-order valence-electron chi connectivity index (χ3n) is 7.36. The van der Waals surface area contributed by atoms with E-state index in [1.165, 1.54) is 5.56 Å². The molecule has 36 heavy (non-hydrogen) atoms. The van der Waals surface area contributed by atoms with Crippen molar-refractivity contribution in [2.75, 3.05) is 18.0 Å². The Morgan fingerprint density at radius 2 is 1.89 bits per heavy atom. The largest absolute Gasteiger partial charge is 0.449 e. The molecule has 3 atom stereocenters. The first-order chi connectivity index (χ1) is 17.1. The van der Waals surface area contributed by atoms with Crippen molar-refractivity contribution in [3.63, 3.8) is 0 Å².